The van der Waals surface area contributed by atoms with Crippen LogP contribution in [0.3, 0.4) is 0 Å². The molecule has 5 atom stereocenters. The van der Waals surface area contributed by atoms with Crippen molar-refractivity contribution >= 4 is 5.96 Å². The lowest BCUT2D eigenvalue weighted by atomic mass is 9.39. The first-order chi connectivity index (χ1) is 15.1. The summed E-state index contributed by atoms with van der Waals surface area (Å²) in [6, 6.07) is 2.13. The number of nitrogens with one attached hydrogen (secondary N) is 1. The zero-order valence-corrected chi connectivity index (χ0v) is 21.3. The summed E-state index contributed by atoms with van der Waals surface area (Å²) in [6.45, 7) is 10.4. The Hall–Kier alpha value is -1.71. The summed E-state index contributed by atoms with van der Waals surface area (Å²) in [5.41, 5.74) is 10.4. The first-order valence-corrected chi connectivity index (χ1v) is 12.8. The van der Waals surface area contributed by atoms with Gasteiger partial charge in [0.1, 0.15) is 0 Å². The third kappa shape index (κ3) is 4.03. The SMILES string of the molecule is C[N+](C)=C(N)N/C=C1\CC[C@@H]2[C@](C)(CC[C@@H]3C(C)(C)CCC[C@]23C)[C@@H]1CCc1ccoc1. The highest BCUT2D eigenvalue weighted by molar-refractivity contribution is 5.73. The minimum Gasteiger partial charge on any atom is -0.472 e. The first kappa shape index (κ1) is 23.4. The second-order valence-electron chi connectivity index (χ2n) is 12.4. The highest BCUT2D eigenvalue weighted by Crippen LogP contribution is 2.69. The number of rotatable bonds is 4. The van der Waals surface area contributed by atoms with Crippen LogP contribution >= 0.6 is 0 Å². The van der Waals surface area contributed by atoms with Crippen LogP contribution in [0.25, 0.3) is 0 Å². The maximum Gasteiger partial charge on any atom is 0.347 e. The molecule has 1 aromatic heterocycles. The smallest absolute Gasteiger partial charge is 0.347 e. The van der Waals surface area contributed by atoms with Gasteiger partial charge in [-0.15, -0.1) is 0 Å². The summed E-state index contributed by atoms with van der Waals surface area (Å²) in [6.07, 6.45) is 17.7. The van der Waals surface area contributed by atoms with Gasteiger partial charge in [0.2, 0.25) is 0 Å². The number of furan rings is 1. The van der Waals surface area contributed by atoms with Crippen molar-refractivity contribution in [2.45, 2.75) is 85.5 Å². The van der Waals surface area contributed by atoms with Gasteiger partial charge in [0, 0.05) is 0 Å². The Bertz CT molecular complexity index is 863. The lowest BCUT2D eigenvalue weighted by molar-refractivity contribution is -0.467. The molecule has 3 N–H and O–H groups in total. The number of nitrogens with two attached hydrogens (primary N) is 1. The van der Waals surface area contributed by atoms with Gasteiger partial charge in [0.15, 0.2) is 0 Å². The Balaban J connectivity index is 1.67. The van der Waals surface area contributed by atoms with Crippen molar-refractivity contribution in [1.29, 1.82) is 0 Å². The van der Waals surface area contributed by atoms with E-state index < -0.39 is 0 Å². The molecular weight excluding hydrogens is 394 g/mol. The molecule has 0 radical (unpaired) electrons. The molecule has 3 aliphatic carbocycles. The highest BCUT2D eigenvalue weighted by atomic mass is 16.3. The number of guanidine groups is 1. The van der Waals surface area contributed by atoms with Crippen molar-refractivity contribution < 1.29 is 8.99 Å². The molecular formula is C28H46N3O+. The molecule has 0 bridgehead atoms. The second kappa shape index (κ2) is 8.57. The van der Waals surface area contributed by atoms with Crippen molar-refractivity contribution in [2.75, 3.05) is 14.1 Å². The van der Waals surface area contributed by atoms with Crippen molar-refractivity contribution in [3.8, 4) is 0 Å². The quantitative estimate of drug-likeness (QED) is 0.346. The zero-order chi connectivity index (χ0) is 23.1. The van der Waals surface area contributed by atoms with Crippen molar-refractivity contribution in [1.82, 2.24) is 5.32 Å². The molecule has 1 aromatic rings. The molecule has 3 aliphatic rings. The Labute approximate surface area is 195 Å². The number of aryl methyl sites for hydroxylation is 1. The van der Waals surface area contributed by atoms with E-state index in [0.717, 1.165) is 18.3 Å². The molecule has 4 heteroatoms. The van der Waals surface area contributed by atoms with Crippen LogP contribution in [0.2, 0.25) is 0 Å². The van der Waals surface area contributed by atoms with E-state index in [4.69, 9.17) is 10.2 Å². The van der Waals surface area contributed by atoms with E-state index in [2.05, 4.69) is 45.3 Å². The Morgan fingerprint density at radius 1 is 1.12 bits per heavy atom. The fourth-order valence-corrected chi connectivity index (χ4v) is 8.40. The minimum atomic E-state index is 0.348. The third-order valence-corrected chi connectivity index (χ3v) is 9.99. The van der Waals surface area contributed by atoms with Crippen LogP contribution in [0.4, 0.5) is 0 Å². The summed E-state index contributed by atoms with van der Waals surface area (Å²) in [5, 5.41) is 3.41. The summed E-state index contributed by atoms with van der Waals surface area (Å²) >= 11 is 0. The largest absolute Gasteiger partial charge is 0.472 e. The van der Waals surface area contributed by atoms with E-state index in [-0.39, 0.29) is 0 Å². The summed E-state index contributed by atoms with van der Waals surface area (Å²) < 4.78 is 7.32. The molecule has 0 aromatic carbocycles. The van der Waals surface area contributed by atoms with Crippen LogP contribution in [-0.2, 0) is 6.42 Å². The van der Waals surface area contributed by atoms with Crippen molar-refractivity contribution in [3.05, 3.63) is 35.9 Å². The number of nitrogens with zero attached hydrogens (tertiary/aromatic N) is 1. The van der Waals surface area contributed by atoms with Crippen LogP contribution in [0, 0.1) is 34.0 Å². The molecule has 178 valence electrons. The fourth-order valence-electron chi connectivity index (χ4n) is 8.40. The van der Waals surface area contributed by atoms with Crippen LogP contribution in [0.5, 0.6) is 0 Å². The summed E-state index contributed by atoms with van der Waals surface area (Å²) in [7, 11) is 3.98. The van der Waals surface area contributed by atoms with Gasteiger partial charge in [-0.05, 0) is 103 Å². The fraction of sp³-hybridized carbons (Fsp3) is 0.750. The molecule has 1 heterocycles. The van der Waals surface area contributed by atoms with E-state index >= 15 is 0 Å². The van der Waals surface area contributed by atoms with E-state index in [0.29, 0.717) is 28.1 Å². The predicted octanol–water partition coefficient (Wildman–Crippen LogP) is 5.93. The van der Waals surface area contributed by atoms with Crippen LogP contribution < -0.4 is 11.1 Å². The lowest BCUT2D eigenvalue weighted by Crippen LogP contribution is -2.58. The highest BCUT2D eigenvalue weighted by Gasteiger charge is 2.61. The maximum absolute atomic E-state index is 6.21. The minimum absolute atomic E-state index is 0.348. The monoisotopic (exact) mass is 440 g/mol. The third-order valence-electron chi connectivity index (χ3n) is 9.99. The standard InChI is InChI=1S/C28H45N3O/c1-26(2)14-7-15-28(4)23(26)12-16-27(3)22(10-8-20-13-17-32-19-20)21(9-11-24(27)28)18-30-25(29)31(5)6/h13,17-19,22-24H,7-12,14-16H2,1-6H3,(H2,29,30)/p+1/b21-18+/t22-,23-,24-,27-,28+/m1/s1. The molecule has 3 saturated carbocycles. The zero-order valence-electron chi connectivity index (χ0n) is 21.3. The molecule has 0 spiro atoms. The van der Waals surface area contributed by atoms with Crippen molar-refractivity contribution in [2.24, 2.45) is 39.7 Å². The second-order valence-corrected chi connectivity index (χ2v) is 12.4. The van der Waals surface area contributed by atoms with Crippen LogP contribution in [0.1, 0.15) is 84.6 Å². The van der Waals surface area contributed by atoms with Gasteiger partial charge in [-0.25, -0.2) is 0 Å². The molecule has 0 amide bonds. The Kier molecular flexibility index (Phi) is 6.28. The summed E-state index contributed by atoms with van der Waals surface area (Å²) in [4.78, 5) is 0. The molecule has 32 heavy (non-hydrogen) atoms. The number of allylic oxidation sites excluding steroid dienone is 1. The first-order valence-electron chi connectivity index (χ1n) is 12.8. The summed E-state index contributed by atoms with van der Waals surface area (Å²) in [5.74, 6) is 2.96. The van der Waals surface area contributed by atoms with Gasteiger partial charge < -0.3 is 4.42 Å². The Morgan fingerprint density at radius 2 is 1.91 bits per heavy atom. The van der Waals surface area contributed by atoms with E-state index in [1.165, 1.54) is 56.9 Å². The number of hydrogen-bond donors (Lipinski definition) is 2. The van der Waals surface area contributed by atoms with E-state index in [1.807, 2.05) is 31.2 Å². The molecule has 0 unspecified atom stereocenters. The average Bonchev–Trinajstić information content (AvgIpc) is 3.23. The Morgan fingerprint density at radius 3 is 2.59 bits per heavy atom. The van der Waals surface area contributed by atoms with Gasteiger partial charge in [0.25, 0.3) is 0 Å². The topological polar surface area (TPSA) is 54.2 Å². The van der Waals surface area contributed by atoms with Crippen molar-refractivity contribution in [3.63, 3.8) is 0 Å². The van der Waals surface area contributed by atoms with Gasteiger partial charge in [-0.1, -0.05) is 34.1 Å². The van der Waals surface area contributed by atoms with Gasteiger partial charge in [0.05, 0.1) is 32.8 Å². The lowest BCUT2D eigenvalue weighted by Gasteiger charge is -2.66. The number of fused-ring (bicyclic) bond motifs is 3. The molecule has 3 fully saturated rings. The molecule has 0 saturated heterocycles. The van der Waals surface area contributed by atoms with Gasteiger partial charge in [-0.3, -0.25) is 15.6 Å². The van der Waals surface area contributed by atoms with E-state index in [1.54, 1.807) is 5.57 Å². The molecule has 0 aliphatic heterocycles. The predicted molar refractivity (Wildman–Crippen MR) is 132 cm³/mol. The van der Waals surface area contributed by atoms with Gasteiger partial charge in [-0.2, -0.15) is 0 Å². The van der Waals surface area contributed by atoms with Crippen LogP contribution in [0.15, 0.2) is 34.8 Å². The molecule has 4 rings (SSSR count). The normalized spacial score (nSPS) is 37.4. The maximum atomic E-state index is 6.21. The number of hydrogen-bond acceptors (Lipinski definition) is 1. The van der Waals surface area contributed by atoms with E-state index in [9.17, 15) is 0 Å². The average molecular weight is 441 g/mol. The molecule has 4 nitrogen and oxygen atoms in total. The van der Waals surface area contributed by atoms with Gasteiger partial charge >= 0.3 is 5.96 Å². The van der Waals surface area contributed by atoms with Crippen LogP contribution in [-0.4, -0.2) is 24.6 Å².